The average Bonchev–Trinajstić information content (AvgIpc) is 3.07. The zero-order valence-electron chi connectivity index (χ0n) is 25.7. The number of rotatable bonds is 10. The highest BCUT2D eigenvalue weighted by atomic mass is 16.5. The van der Waals surface area contributed by atoms with Crippen molar-refractivity contribution in [3.63, 3.8) is 0 Å². The SMILES string of the molecule is COC(=O)c1ccc(Oc2ccc(C(C)(C)c3ccc(Oc4ccc(C(=O)OC)c(C(=O)OC)c4)cc3)cc2)cc1C(=O)OC. The molecule has 0 radical (unpaired) electrons. The number of hydrogen-bond donors (Lipinski definition) is 0. The predicted octanol–water partition coefficient (Wildman–Crippen LogP) is 6.74. The minimum absolute atomic E-state index is 0.0362. The van der Waals surface area contributed by atoms with Crippen LogP contribution in [0.4, 0.5) is 0 Å². The Morgan fingerprint density at radius 2 is 0.711 bits per heavy atom. The molecule has 0 aliphatic heterocycles. The van der Waals surface area contributed by atoms with Gasteiger partial charge in [0, 0.05) is 5.41 Å². The number of ether oxygens (including phenoxy) is 6. The standard InChI is InChI=1S/C35H32O10/c1-35(2,21-7-11-23(12-8-21)44-25-15-17-27(31(36)40-3)29(19-25)33(38)42-5)22-9-13-24(14-10-22)45-26-16-18-28(32(37)41-4)30(20-26)34(39)43-6/h7-20H,1-6H3. The summed E-state index contributed by atoms with van der Waals surface area (Å²) in [6.07, 6.45) is 0. The summed E-state index contributed by atoms with van der Waals surface area (Å²) in [5.41, 5.74) is 1.86. The van der Waals surface area contributed by atoms with Crippen LogP contribution in [-0.4, -0.2) is 52.3 Å². The molecule has 4 aromatic carbocycles. The lowest BCUT2D eigenvalue weighted by Crippen LogP contribution is -2.18. The molecule has 0 fully saturated rings. The third-order valence-electron chi connectivity index (χ3n) is 7.23. The van der Waals surface area contributed by atoms with E-state index in [0.717, 1.165) is 11.1 Å². The Hall–Kier alpha value is -5.64. The summed E-state index contributed by atoms with van der Waals surface area (Å²) in [5, 5.41) is 0. The van der Waals surface area contributed by atoms with Gasteiger partial charge in [0.25, 0.3) is 0 Å². The fraction of sp³-hybridized carbons (Fsp3) is 0.200. The second-order valence-electron chi connectivity index (χ2n) is 10.3. The molecule has 10 nitrogen and oxygen atoms in total. The molecule has 10 heteroatoms. The third-order valence-corrected chi connectivity index (χ3v) is 7.23. The first-order valence-electron chi connectivity index (χ1n) is 13.7. The van der Waals surface area contributed by atoms with E-state index in [1.165, 1.54) is 52.7 Å². The van der Waals surface area contributed by atoms with Crippen molar-refractivity contribution in [1.82, 2.24) is 0 Å². The minimum atomic E-state index is -0.684. The molecule has 0 spiro atoms. The van der Waals surface area contributed by atoms with Crippen molar-refractivity contribution in [2.75, 3.05) is 28.4 Å². The molecule has 0 amide bonds. The van der Waals surface area contributed by atoms with E-state index >= 15 is 0 Å². The lowest BCUT2D eigenvalue weighted by Gasteiger charge is -2.26. The van der Waals surface area contributed by atoms with Gasteiger partial charge < -0.3 is 28.4 Å². The highest BCUT2D eigenvalue weighted by Crippen LogP contribution is 2.35. The van der Waals surface area contributed by atoms with E-state index < -0.39 is 29.3 Å². The van der Waals surface area contributed by atoms with Crippen LogP contribution in [0.3, 0.4) is 0 Å². The highest BCUT2D eigenvalue weighted by Gasteiger charge is 2.24. The molecular formula is C35H32O10. The number of benzene rings is 4. The van der Waals surface area contributed by atoms with Gasteiger partial charge in [0.1, 0.15) is 23.0 Å². The van der Waals surface area contributed by atoms with Gasteiger partial charge in [-0.2, -0.15) is 0 Å². The van der Waals surface area contributed by atoms with E-state index in [1.54, 1.807) is 12.1 Å². The largest absolute Gasteiger partial charge is 0.465 e. The first kappa shape index (κ1) is 32.3. The maximum Gasteiger partial charge on any atom is 0.338 e. The Morgan fingerprint density at radius 3 is 1.02 bits per heavy atom. The summed E-state index contributed by atoms with van der Waals surface area (Å²) >= 11 is 0. The Morgan fingerprint density at radius 1 is 0.422 bits per heavy atom. The van der Waals surface area contributed by atoms with Crippen LogP contribution in [-0.2, 0) is 24.4 Å². The number of esters is 4. The van der Waals surface area contributed by atoms with Gasteiger partial charge in [0.15, 0.2) is 0 Å². The molecular weight excluding hydrogens is 580 g/mol. The second kappa shape index (κ2) is 13.8. The molecule has 0 bridgehead atoms. The second-order valence-corrected chi connectivity index (χ2v) is 10.3. The average molecular weight is 613 g/mol. The molecule has 0 saturated carbocycles. The molecule has 232 valence electrons. The zero-order chi connectivity index (χ0) is 32.7. The third kappa shape index (κ3) is 7.13. The maximum atomic E-state index is 12.2. The van der Waals surface area contributed by atoms with Crippen LogP contribution in [0.25, 0.3) is 0 Å². The van der Waals surface area contributed by atoms with Gasteiger partial charge in [-0.25, -0.2) is 19.2 Å². The Labute approximate surface area is 260 Å². The summed E-state index contributed by atoms with van der Waals surface area (Å²) in [6.45, 7) is 4.17. The summed E-state index contributed by atoms with van der Waals surface area (Å²) in [7, 11) is 4.92. The van der Waals surface area contributed by atoms with Crippen molar-refractivity contribution in [2.45, 2.75) is 19.3 Å². The Bertz CT molecular complexity index is 1590. The summed E-state index contributed by atoms with van der Waals surface area (Å²) in [4.78, 5) is 48.6. The van der Waals surface area contributed by atoms with Crippen molar-refractivity contribution in [3.05, 3.63) is 118 Å². The lowest BCUT2D eigenvalue weighted by atomic mass is 9.78. The lowest BCUT2D eigenvalue weighted by molar-refractivity contribution is 0.0555. The normalized spacial score (nSPS) is 10.8. The van der Waals surface area contributed by atoms with Crippen LogP contribution in [0, 0.1) is 0 Å². The minimum Gasteiger partial charge on any atom is -0.465 e. The van der Waals surface area contributed by atoms with Crippen molar-refractivity contribution in [3.8, 4) is 23.0 Å². The molecule has 45 heavy (non-hydrogen) atoms. The van der Waals surface area contributed by atoms with E-state index in [-0.39, 0.29) is 22.3 Å². The van der Waals surface area contributed by atoms with Gasteiger partial charge in [-0.1, -0.05) is 38.1 Å². The topological polar surface area (TPSA) is 124 Å². The van der Waals surface area contributed by atoms with E-state index in [0.29, 0.717) is 23.0 Å². The molecule has 0 aliphatic rings. The molecule has 0 aliphatic carbocycles. The van der Waals surface area contributed by atoms with E-state index in [1.807, 2.05) is 48.5 Å². The molecule has 0 saturated heterocycles. The first-order chi connectivity index (χ1) is 21.5. The number of hydrogen-bond acceptors (Lipinski definition) is 10. The monoisotopic (exact) mass is 612 g/mol. The van der Waals surface area contributed by atoms with Crippen LogP contribution < -0.4 is 9.47 Å². The van der Waals surface area contributed by atoms with Crippen LogP contribution >= 0.6 is 0 Å². The molecule has 0 N–H and O–H groups in total. The summed E-state index contributed by atoms with van der Waals surface area (Å²) in [5.74, 6) is -0.915. The van der Waals surface area contributed by atoms with Gasteiger partial charge in [-0.05, 0) is 71.8 Å². The maximum absolute atomic E-state index is 12.2. The van der Waals surface area contributed by atoms with Gasteiger partial charge in [-0.3, -0.25) is 0 Å². The van der Waals surface area contributed by atoms with Gasteiger partial charge >= 0.3 is 23.9 Å². The van der Waals surface area contributed by atoms with Crippen molar-refractivity contribution in [2.24, 2.45) is 0 Å². The summed E-state index contributed by atoms with van der Waals surface area (Å²) < 4.78 is 31.0. The van der Waals surface area contributed by atoms with Crippen molar-refractivity contribution < 1.29 is 47.6 Å². The molecule has 4 aromatic rings. The number of methoxy groups -OCH3 is 4. The quantitative estimate of drug-likeness (QED) is 0.140. The fourth-order valence-electron chi connectivity index (χ4n) is 4.63. The Kier molecular flexibility index (Phi) is 9.88. The van der Waals surface area contributed by atoms with Gasteiger partial charge in [-0.15, -0.1) is 0 Å². The number of carbonyl (C=O) groups excluding carboxylic acids is 4. The van der Waals surface area contributed by atoms with Gasteiger partial charge in [0.2, 0.25) is 0 Å². The van der Waals surface area contributed by atoms with Crippen LogP contribution in [0.15, 0.2) is 84.9 Å². The van der Waals surface area contributed by atoms with Crippen LogP contribution in [0.5, 0.6) is 23.0 Å². The predicted molar refractivity (Wildman–Crippen MR) is 163 cm³/mol. The van der Waals surface area contributed by atoms with Crippen LogP contribution in [0.1, 0.15) is 66.4 Å². The van der Waals surface area contributed by atoms with E-state index in [4.69, 9.17) is 28.4 Å². The molecule has 0 unspecified atom stereocenters. The Balaban J connectivity index is 1.50. The molecule has 0 heterocycles. The van der Waals surface area contributed by atoms with Crippen molar-refractivity contribution >= 4 is 23.9 Å². The number of carbonyl (C=O) groups is 4. The zero-order valence-corrected chi connectivity index (χ0v) is 25.7. The van der Waals surface area contributed by atoms with E-state index in [9.17, 15) is 19.2 Å². The van der Waals surface area contributed by atoms with Crippen LogP contribution in [0.2, 0.25) is 0 Å². The summed E-state index contributed by atoms with van der Waals surface area (Å²) in [6, 6.07) is 24.0. The smallest absolute Gasteiger partial charge is 0.338 e. The molecule has 0 aromatic heterocycles. The first-order valence-corrected chi connectivity index (χ1v) is 13.7. The van der Waals surface area contributed by atoms with Gasteiger partial charge in [0.05, 0.1) is 50.7 Å². The van der Waals surface area contributed by atoms with Crippen molar-refractivity contribution in [1.29, 1.82) is 0 Å². The molecule has 4 rings (SSSR count). The molecule has 0 atom stereocenters. The van der Waals surface area contributed by atoms with E-state index in [2.05, 4.69) is 13.8 Å². The highest BCUT2D eigenvalue weighted by molar-refractivity contribution is 6.04. The fourth-order valence-corrected chi connectivity index (χ4v) is 4.63.